The SMILES string of the molecule is CCC1(C)NN=c2s/c(=C/c3ccc(OC)cc3)c(=O)n2N1. The third-order valence-electron chi connectivity index (χ3n) is 3.68. The Kier molecular flexibility index (Phi) is 3.66. The van der Waals surface area contributed by atoms with Crippen LogP contribution in [-0.2, 0) is 0 Å². The molecule has 116 valence electrons. The van der Waals surface area contributed by atoms with Gasteiger partial charge in [0.15, 0.2) is 0 Å². The van der Waals surface area contributed by atoms with Crippen LogP contribution >= 0.6 is 11.3 Å². The highest BCUT2D eigenvalue weighted by molar-refractivity contribution is 7.07. The molecule has 6 nitrogen and oxygen atoms in total. The van der Waals surface area contributed by atoms with Gasteiger partial charge >= 0.3 is 0 Å². The van der Waals surface area contributed by atoms with Gasteiger partial charge in [-0.1, -0.05) is 30.4 Å². The lowest BCUT2D eigenvalue weighted by molar-refractivity contribution is 0.332. The summed E-state index contributed by atoms with van der Waals surface area (Å²) in [6, 6.07) is 7.58. The molecule has 0 fully saturated rings. The molecular weight excluding hydrogens is 300 g/mol. The quantitative estimate of drug-likeness (QED) is 0.867. The van der Waals surface area contributed by atoms with Gasteiger partial charge in [-0.15, -0.1) is 5.10 Å². The second-order valence-electron chi connectivity index (χ2n) is 5.33. The normalized spacial score (nSPS) is 20.6. The van der Waals surface area contributed by atoms with Crippen molar-refractivity contribution in [3.8, 4) is 5.75 Å². The number of benzene rings is 1. The van der Waals surface area contributed by atoms with E-state index in [0.29, 0.717) is 9.33 Å². The molecule has 1 aliphatic heterocycles. The van der Waals surface area contributed by atoms with Crippen molar-refractivity contribution in [2.45, 2.75) is 25.9 Å². The molecule has 0 saturated carbocycles. The van der Waals surface area contributed by atoms with Gasteiger partial charge < -0.3 is 4.74 Å². The van der Waals surface area contributed by atoms with Crippen LogP contribution in [0.4, 0.5) is 0 Å². The zero-order valence-corrected chi connectivity index (χ0v) is 13.5. The summed E-state index contributed by atoms with van der Waals surface area (Å²) < 4.78 is 7.29. The molecule has 2 N–H and O–H groups in total. The van der Waals surface area contributed by atoms with Crippen molar-refractivity contribution in [1.82, 2.24) is 10.1 Å². The van der Waals surface area contributed by atoms with E-state index in [-0.39, 0.29) is 5.56 Å². The van der Waals surface area contributed by atoms with Crippen LogP contribution < -0.4 is 30.5 Å². The molecule has 1 aromatic carbocycles. The summed E-state index contributed by atoms with van der Waals surface area (Å²) >= 11 is 1.35. The first kappa shape index (κ1) is 14.6. The fraction of sp³-hybridized carbons (Fsp3) is 0.333. The lowest BCUT2D eigenvalue weighted by Gasteiger charge is -2.32. The number of thiazole rings is 1. The average molecular weight is 318 g/mol. The largest absolute Gasteiger partial charge is 0.497 e. The van der Waals surface area contributed by atoms with Crippen molar-refractivity contribution in [1.29, 1.82) is 0 Å². The molecule has 2 aromatic rings. The molecule has 7 heteroatoms. The number of hydrogen-bond acceptors (Lipinski definition) is 6. The number of aromatic nitrogens is 1. The number of methoxy groups -OCH3 is 1. The van der Waals surface area contributed by atoms with Crippen molar-refractivity contribution in [2.75, 3.05) is 12.5 Å². The standard InChI is InChI=1S/C15H18N4O2S/c1-4-15(2)17-16-14-19(18-15)13(20)12(22-14)9-10-5-7-11(21-3)8-6-10/h5-9,17-18H,4H2,1-3H3/b12-9+. The fourth-order valence-corrected chi connectivity index (χ4v) is 2.98. The third-order valence-corrected chi connectivity index (χ3v) is 4.65. The van der Waals surface area contributed by atoms with Gasteiger partial charge in [-0.25, -0.2) is 0 Å². The zero-order chi connectivity index (χ0) is 15.7. The highest BCUT2D eigenvalue weighted by Gasteiger charge is 2.26. The summed E-state index contributed by atoms with van der Waals surface area (Å²) in [5.41, 5.74) is 6.70. The minimum Gasteiger partial charge on any atom is -0.497 e. The van der Waals surface area contributed by atoms with E-state index in [1.54, 1.807) is 7.11 Å². The van der Waals surface area contributed by atoms with Crippen molar-refractivity contribution in [3.63, 3.8) is 0 Å². The number of fused-ring (bicyclic) bond motifs is 1. The van der Waals surface area contributed by atoms with Gasteiger partial charge in [0.1, 0.15) is 11.4 Å². The minimum atomic E-state index is -0.407. The van der Waals surface area contributed by atoms with Gasteiger partial charge in [0, 0.05) is 0 Å². The summed E-state index contributed by atoms with van der Waals surface area (Å²) in [4.78, 5) is 13.1. The van der Waals surface area contributed by atoms with Gasteiger partial charge in [-0.3, -0.25) is 15.6 Å². The van der Waals surface area contributed by atoms with Crippen LogP contribution in [0.5, 0.6) is 5.75 Å². The molecule has 3 rings (SSSR count). The van der Waals surface area contributed by atoms with Gasteiger partial charge in [0.25, 0.3) is 5.56 Å². The topological polar surface area (TPSA) is 67.7 Å². The highest BCUT2D eigenvalue weighted by atomic mass is 32.1. The Bertz CT molecular complexity index is 853. The van der Waals surface area contributed by atoms with E-state index in [1.807, 2.05) is 44.2 Å². The van der Waals surface area contributed by atoms with Crippen molar-refractivity contribution < 1.29 is 4.74 Å². The number of nitrogens with zero attached hydrogens (tertiary/aromatic N) is 2. The lowest BCUT2D eigenvalue weighted by Crippen LogP contribution is -2.59. The maximum atomic E-state index is 12.5. The molecule has 0 saturated heterocycles. The summed E-state index contributed by atoms with van der Waals surface area (Å²) in [5.74, 6) is 0.791. The summed E-state index contributed by atoms with van der Waals surface area (Å²) in [6.07, 6.45) is 2.66. The molecule has 0 aliphatic carbocycles. The van der Waals surface area contributed by atoms with Crippen LogP contribution in [0.25, 0.3) is 6.08 Å². The molecule has 1 aliphatic rings. The first-order valence-electron chi connectivity index (χ1n) is 7.05. The van der Waals surface area contributed by atoms with Crippen molar-refractivity contribution in [2.24, 2.45) is 5.10 Å². The predicted octanol–water partition coefficient (Wildman–Crippen LogP) is 0.555. The maximum Gasteiger partial charge on any atom is 0.289 e. The van der Waals surface area contributed by atoms with Gasteiger partial charge in [0.05, 0.1) is 11.6 Å². The summed E-state index contributed by atoms with van der Waals surface area (Å²) in [6.45, 7) is 4.00. The maximum absolute atomic E-state index is 12.5. The van der Waals surface area contributed by atoms with Gasteiger partial charge in [-0.2, -0.15) is 4.68 Å². The number of nitrogens with one attached hydrogen (secondary N) is 2. The number of rotatable bonds is 3. The third kappa shape index (κ3) is 2.59. The van der Waals surface area contributed by atoms with Gasteiger partial charge in [-0.05, 0) is 37.1 Å². The summed E-state index contributed by atoms with van der Waals surface area (Å²) in [7, 11) is 1.63. The molecule has 0 bridgehead atoms. The fourth-order valence-electron chi connectivity index (χ4n) is 2.10. The van der Waals surface area contributed by atoms with E-state index >= 15 is 0 Å². The van der Waals surface area contributed by atoms with E-state index in [2.05, 4.69) is 16.0 Å². The molecular formula is C15H18N4O2S. The van der Waals surface area contributed by atoms with E-state index in [9.17, 15) is 4.79 Å². The first-order valence-corrected chi connectivity index (χ1v) is 7.87. The van der Waals surface area contributed by atoms with Crippen LogP contribution in [-0.4, -0.2) is 17.4 Å². The Labute approximate surface area is 131 Å². The number of hydrogen-bond donors (Lipinski definition) is 2. The van der Waals surface area contributed by atoms with Crippen LogP contribution in [0.1, 0.15) is 25.8 Å². The monoisotopic (exact) mass is 318 g/mol. The molecule has 0 radical (unpaired) electrons. The Hall–Kier alpha value is -2.28. The molecule has 1 unspecified atom stereocenters. The van der Waals surface area contributed by atoms with Gasteiger partial charge in [0.2, 0.25) is 4.80 Å². The van der Waals surface area contributed by atoms with E-state index in [1.165, 1.54) is 16.0 Å². The Morgan fingerprint density at radius 1 is 1.41 bits per heavy atom. The van der Waals surface area contributed by atoms with Crippen LogP contribution in [0, 0.1) is 0 Å². The minimum absolute atomic E-state index is 0.0826. The first-order chi connectivity index (χ1) is 10.5. The van der Waals surface area contributed by atoms with Crippen LogP contribution in [0.3, 0.4) is 0 Å². The average Bonchev–Trinajstić information content (AvgIpc) is 2.84. The number of ether oxygens (including phenoxy) is 1. The lowest BCUT2D eigenvalue weighted by atomic mass is 10.2. The second kappa shape index (κ2) is 5.49. The Balaban J connectivity index is 2.04. The van der Waals surface area contributed by atoms with Crippen LogP contribution in [0.2, 0.25) is 0 Å². The second-order valence-corrected chi connectivity index (χ2v) is 6.34. The molecule has 1 aromatic heterocycles. The Morgan fingerprint density at radius 2 is 2.14 bits per heavy atom. The molecule has 1 atom stereocenters. The predicted molar refractivity (Wildman–Crippen MR) is 87.1 cm³/mol. The van der Waals surface area contributed by atoms with E-state index in [4.69, 9.17) is 4.74 Å². The Morgan fingerprint density at radius 3 is 2.77 bits per heavy atom. The molecule has 22 heavy (non-hydrogen) atoms. The zero-order valence-electron chi connectivity index (χ0n) is 12.7. The molecule has 2 heterocycles. The molecule has 0 amide bonds. The van der Waals surface area contributed by atoms with E-state index in [0.717, 1.165) is 17.7 Å². The van der Waals surface area contributed by atoms with Crippen molar-refractivity contribution >= 4 is 17.4 Å². The molecule has 0 spiro atoms. The van der Waals surface area contributed by atoms with Crippen LogP contribution in [0.15, 0.2) is 34.2 Å². The summed E-state index contributed by atoms with van der Waals surface area (Å²) in [5, 5.41) is 4.30. The van der Waals surface area contributed by atoms with E-state index < -0.39 is 5.66 Å². The highest BCUT2D eigenvalue weighted by Crippen LogP contribution is 2.11. The smallest absolute Gasteiger partial charge is 0.289 e. The van der Waals surface area contributed by atoms with Crippen molar-refractivity contribution in [3.05, 3.63) is 49.5 Å².